The molecule has 1 aromatic heterocycles. The predicted octanol–water partition coefficient (Wildman–Crippen LogP) is -0.386. The molecule has 0 radical (unpaired) electrons. The number of amides is 1. The molecule has 1 fully saturated rings. The summed E-state index contributed by atoms with van der Waals surface area (Å²) >= 11 is 0. The molecular weight excluding hydrogens is 246 g/mol. The normalized spacial score (nSPS) is 19.1. The Hall–Kier alpha value is -1.47. The van der Waals surface area contributed by atoms with Crippen LogP contribution in [0.1, 0.15) is 36.2 Å². The number of nitrogens with zero attached hydrogens (tertiary/aromatic N) is 4. The smallest absolute Gasteiger partial charge is 0.276 e. The Morgan fingerprint density at radius 3 is 3.16 bits per heavy atom. The molecule has 0 spiro atoms. The molecule has 7 heteroatoms. The zero-order chi connectivity index (χ0) is 13.7. The predicted molar refractivity (Wildman–Crippen MR) is 69.5 cm³/mol. The zero-order valence-electron chi connectivity index (χ0n) is 11.0. The van der Waals surface area contributed by atoms with Gasteiger partial charge in [-0.15, -0.1) is 5.10 Å². The van der Waals surface area contributed by atoms with Crippen molar-refractivity contribution in [3.63, 3.8) is 0 Å². The number of carbonyl (C=O) groups is 1. The average molecular weight is 267 g/mol. The number of hydrogen-bond donors (Lipinski definition) is 2. The van der Waals surface area contributed by atoms with Crippen molar-refractivity contribution in [2.45, 2.75) is 38.3 Å². The molecule has 106 valence electrons. The molecule has 0 aromatic carbocycles. The molecule has 0 aliphatic carbocycles. The molecule has 1 aliphatic heterocycles. The van der Waals surface area contributed by atoms with Gasteiger partial charge in [-0.2, -0.15) is 0 Å². The van der Waals surface area contributed by atoms with Gasteiger partial charge >= 0.3 is 0 Å². The van der Waals surface area contributed by atoms with E-state index in [-0.39, 0.29) is 18.6 Å². The largest absolute Gasteiger partial charge is 0.396 e. The maximum Gasteiger partial charge on any atom is 0.276 e. The number of likely N-dealkylation sites (tertiary alicyclic amines) is 1. The lowest BCUT2D eigenvalue weighted by molar-refractivity contribution is 0.0718. The third kappa shape index (κ3) is 3.30. The third-order valence-electron chi connectivity index (χ3n) is 3.45. The summed E-state index contributed by atoms with van der Waals surface area (Å²) in [5.74, 6) is -0.0660. The first-order chi connectivity index (χ1) is 9.26. The molecule has 19 heavy (non-hydrogen) atoms. The molecule has 1 saturated heterocycles. The van der Waals surface area contributed by atoms with E-state index in [1.165, 1.54) is 0 Å². The lowest BCUT2D eigenvalue weighted by Crippen LogP contribution is -2.35. The molecule has 7 nitrogen and oxygen atoms in total. The van der Waals surface area contributed by atoms with E-state index in [9.17, 15) is 4.79 Å². The average Bonchev–Trinajstić information content (AvgIpc) is 3.04. The van der Waals surface area contributed by atoms with Crippen LogP contribution in [0.5, 0.6) is 0 Å². The summed E-state index contributed by atoms with van der Waals surface area (Å²) in [6.45, 7) is 1.97. The molecule has 1 aliphatic rings. The third-order valence-corrected chi connectivity index (χ3v) is 3.45. The van der Waals surface area contributed by atoms with Gasteiger partial charge in [0.25, 0.3) is 5.91 Å². The topological polar surface area (TPSA) is 97.3 Å². The molecular formula is C12H21N5O2. The number of aromatic nitrogens is 3. The van der Waals surface area contributed by atoms with Crippen LogP contribution < -0.4 is 5.73 Å². The Balaban J connectivity index is 2.00. The summed E-state index contributed by atoms with van der Waals surface area (Å²) in [6, 6.07) is 0.222. The summed E-state index contributed by atoms with van der Waals surface area (Å²) in [5, 5.41) is 16.7. The van der Waals surface area contributed by atoms with Crippen molar-refractivity contribution < 1.29 is 9.90 Å². The van der Waals surface area contributed by atoms with E-state index in [0.29, 0.717) is 18.8 Å². The number of rotatable bonds is 6. The van der Waals surface area contributed by atoms with Gasteiger partial charge in [0.1, 0.15) is 0 Å². The molecule has 1 unspecified atom stereocenters. The summed E-state index contributed by atoms with van der Waals surface area (Å²) in [6.07, 6.45) is 5.24. The number of aliphatic hydroxyl groups is 1. The number of hydrogen-bond acceptors (Lipinski definition) is 5. The minimum absolute atomic E-state index is 0.0660. The minimum Gasteiger partial charge on any atom is -0.396 e. The van der Waals surface area contributed by atoms with Crippen LogP contribution in [-0.2, 0) is 6.54 Å². The maximum atomic E-state index is 12.4. The van der Waals surface area contributed by atoms with Crippen molar-refractivity contribution in [1.29, 1.82) is 0 Å². The van der Waals surface area contributed by atoms with E-state index < -0.39 is 0 Å². The van der Waals surface area contributed by atoms with E-state index in [4.69, 9.17) is 10.8 Å². The van der Waals surface area contributed by atoms with Gasteiger partial charge in [-0.3, -0.25) is 9.48 Å². The van der Waals surface area contributed by atoms with Crippen LogP contribution in [0.15, 0.2) is 6.20 Å². The minimum atomic E-state index is -0.0660. The molecule has 2 rings (SSSR count). The SMILES string of the molecule is NCCn1cc(C(=O)N2CCCC2CCCO)nn1. The van der Waals surface area contributed by atoms with Gasteiger partial charge in [0.05, 0.1) is 12.7 Å². The van der Waals surface area contributed by atoms with Gasteiger partial charge in [-0.25, -0.2) is 0 Å². The van der Waals surface area contributed by atoms with Gasteiger partial charge in [-0.1, -0.05) is 5.21 Å². The number of aliphatic hydroxyl groups excluding tert-OH is 1. The number of nitrogens with two attached hydrogens (primary N) is 1. The van der Waals surface area contributed by atoms with E-state index in [2.05, 4.69) is 10.3 Å². The van der Waals surface area contributed by atoms with Gasteiger partial charge < -0.3 is 15.7 Å². The summed E-state index contributed by atoms with van der Waals surface area (Å²) < 4.78 is 1.59. The molecule has 1 atom stereocenters. The molecule has 0 bridgehead atoms. The van der Waals surface area contributed by atoms with Crippen molar-refractivity contribution in [1.82, 2.24) is 19.9 Å². The fourth-order valence-corrected chi connectivity index (χ4v) is 2.52. The van der Waals surface area contributed by atoms with E-state index in [1.807, 2.05) is 4.90 Å². The highest BCUT2D eigenvalue weighted by molar-refractivity contribution is 5.92. The number of carbonyl (C=O) groups excluding carboxylic acids is 1. The first-order valence-electron chi connectivity index (χ1n) is 6.78. The first-order valence-corrected chi connectivity index (χ1v) is 6.78. The Labute approximate surface area is 112 Å². The highest BCUT2D eigenvalue weighted by atomic mass is 16.3. The van der Waals surface area contributed by atoms with Gasteiger partial charge in [-0.05, 0) is 25.7 Å². The summed E-state index contributed by atoms with van der Waals surface area (Å²) in [7, 11) is 0. The lowest BCUT2D eigenvalue weighted by Gasteiger charge is -2.23. The highest BCUT2D eigenvalue weighted by Crippen LogP contribution is 2.22. The van der Waals surface area contributed by atoms with Crippen LogP contribution in [0.2, 0.25) is 0 Å². The first kappa shape index (κ1) is 14.0. The Kier molecular flexibility index (Phi) is 4.86. The van der Waals surface area contributed by atoms with Crippen LogP contribution in [0.25, 0.3) is 0 Å². The monoisotopic (exact) mass is 267 g/mol. The van der Waals surface area contributed by atoms with Crippen molar-refractivity contribution >= 4 is 5.91 Å². The van der Waals surface area contributed by atoms with E-state index in [0.717, 1.165) is 32.2 Å². The van der Waals surface area contributed by atoms with E-state index in [1.54, 1.807) is 10.9 Å². The fraction of sp³-hybridized carbons (Fsp3) is 0.750. The second-order valence-electron chi connectivity index (χ2n) is 4.82. The highest BCUT2D eigenvalue weighted by Gasteiger charge is 2.30. The van der Waals surface area contributed by atoms with Crippen molar-refractivity contribution in [3.05, 3.63) is 11.9 Å². The van der Waals surface area contributed by atoms with Crippen LogP contribution >= 0.6 is 0 Å². The Bertz CT molecular complexity index is 420. The molecule has 1 amide bonds. The van der Waals surface area contributed by atoms with Crippen LogP contribution in [0, 0.1) is 0 Å². The second-order valence-corrected chi connectivity index (χ2v) is 4.82. The maximum absolute atomic E-state index is 12.4. The zero-order valence-corrected chi connectivity index (χ0v) is 11.0. The molecule has 2 heterocycles. The van der Waals surface area contributed by atoms with Crippen LogP contribution in [0.3, 0.4) is 0 Å². The van der Waals surface area contributed by atoms with E-state index >= 15 is 0 Å². The summed E-state index contributed by atoms with van der Waals surface area (Å²) in [4.78, 5) is 14.2. The Morgan fingerprint density at radius 1 is 1.58 bits per heavy atom. The van der Waals surface area contributed by atoms with Crippen molar-refractivity contribution in [3.8, 4) is 0 Å². The van der Waals surface area contributed by atoms with Gasteiger partial charge in [0.2, 0.25) is 0 Å². The second kappa shape index (κ2) is 6.63. The molecule has 3 N–H and O–H groups in total. The quantitative estimate of drug-likeness (QED) is 0.732. The lowest BCUT2D eigenvalue weighted by atomic mass is 10.1. The van der Waals surface area contributed by atoms with Gasteiger partial charge in [0.15, 0.2) is 5.69 Å². The van der Waals surface area contributed by atoms with Crippen LogP contribution in [-0.4, -0.2) is 56.6 Å². The van der Waals surface area contributed by atoms with Gasteiger partial charge in [0, 0.05) is 25.7 Å². The summed E-state index contributed by atoms with van der Waals surface area (Å²) in [5.41, 5.74) is 5.82. The molecule has 1 aromatic rings. The molecule has 0 saturated carbocycles. The van der Waals surface area contributed by atoms with Crippen molar-refractivity contribution in [2.75, 3.05) is 19.7 Å². The Morgan fingerprint density at radius 2 is 2.42 bits per heavy atom. The standard InChI is InChI=1S/C12H21N5O2/c13-5-7-16-9-11(14-15-16)12(19)17-6-1-3-10(17)4-2-8-18/h9-10,18H,1-8,13H2. The fourth-order valence-electron chi connectivity index (χ4n) is 2.52. The van der Waals surface area contributed by atoms with Crippen LogP contribution in [0.4, 0.5) is 0 Å². The van der Waals surface area contributed by atoms with Crippen molar-refractivity contribution in [2.24, 2.45) is 5.73 Å².